The molecule has 1 aliphatic heterocycles. The molecular weight excluding hydrogens is 981 g/mol. The molecule has 0 bridgehead atoms. The van der Waals surface area contributed by atoms with Crippen LogP contribution >= 0.6 is 0 Å². The van der Waals surface area contributed by atoms with Crippen molar-refractivity contribution >= 4 is 23.9 Å². The molecule has 24 nitrogen and oxygen atoms in total. The Balaban J connectivity index is 0.858. The van der Waals surface area contributed by atoms with E-state index in [9.17, 15) is 19.2 Å². The summed E-state index contributed by atoms with van der Waals surface area (Å²) in [6, 6.07) is 0. The Labute approximate surface area is 437 Å². The number of hydrogen-bond donors (Lipinski definition) is 1. The van der Waals surface area contributed by atoms with Crippen molar-refractivity contribution in [2.24, 2.45) is 17.8 Å². The van der Waals surface area contributed by atoms with Crippen molar-refractivity contribution in [3.8, 4) is 11.8 Å². The molecule has 1 N–H and O–H groups in total. The number of nitrogens with one attached hydrogen (secondary N) is 1. The van der Waals surface area contributed by atoms with E-state index in [1.807, 2.05) is 0 Å². The van der Waals surface area contributed by atoms with Gasteiger partial charge < -0.3 is 90.7 Å². The van der Waals surface area contributed by atoms with Gasteiger partial charge in [0.15, 0.2) is 0 Å². The highest BCUT2D eigenvalue weighted by Crippen LogP contribution is 2.52. The fourth-order valence-corrected chi connectivity index (χ4v) is 7.09. The summed E-state index contributed by atoms with van der Waals surface area (Å²) >= 11 is 0. The van der Waals surface area contributed by atoms with Gasteiger partial charge in [0.05, 0.1) is 224 Å². The molecule has 74 heavy (non-hydrogen) atoms. The number of rotatable bonds is 54. The lowest BCUT2D eigenvalue weighted by atomic mass is 10.1. The monoisotopic (exact) mass is 1070 g/mol. The second-order valence-electron chi connectivity index (χ2n) is 16.5. The Hall–Kier alpha value is -3.20. The minimum atomic E-state index is -0.704. The topological polar surface area (TPSA) is 250 Å². The van der Waals surface area contributed by atoms with Gasteiger partial charge in [-0.1, -0.05) is 0 Å². The molecule has 24 heteroatoms. The van der Waals surface area contributed by atoms with Crippen LogP contribution in [0.4, 0.5) is 4.79 Å². The van der Waals surface area contributed by atoms with Gasteiger partial charge in [-0.3, -0.25) is 9.59 Å². The first kappa shape index (κ1) is 65.1. The zero-order valence-corrected chi connectivity index (χ0v) is 43.7. The highest BCUT2D eigenvalue weighted by atomic mass is 16.7. The van der Waals surface area contributed by atoms with E-state index in [2.05, 4.69) is 17.2 Å². The lowest BCUT2D eigenvalue weighted by Crippen LogP contribution is -2.32. The van der Waals surface area contributed by atoms with E-state index in [0.717, 1.165) is 25.7 Å². The summed E-state index contributed by atoms with van der Waals surface area (Å²) in [5, 5.41) is 3.25. The van der Waals surface area contributed by atoms with Gasteiger partial charge >= 0.3 is 12.1 Å². The molecule has 0 radical (unpaired) electrons. The van der Waals surface area contributed by atoms with Gasteiger partial charge in [-0.25, -0.2) is 9.59 Å². The first-order chi connectivity index (χ1) is 36.6. The van der Waals surface area contributed by atoms with E-state index in [0.29, 0.717) is 234 Å². The molecule has 3 rings (SSSR count). The first-order valence-electron chi connectivity index (χ1n) is 26.2. The zero-order chi connectivity index (χ0) is 52.5. The van der Waals surface area contributed by atoms with Crippen LogP contribution < -0.4 is 5.32 Å². The Bertz CT molecular complexity index is 1420. The molecule has 0 aromatic carbocycles. The average molecular weight is 1070 g/mol. The van der Waals surface area contributed by atoms with Crippen LogP contribution in [0, 0.1) is 29.6 Å². The molecule has 0 aromatic heterocycles. The Morgan fingerprint density at radius 3 is 0.973 bits per heavy atom. The molecule has 0 spiro atoms. The van der Waals surface area contributed by atoms with E-state index in [1.165, 1.54) is 0 Å². The third-order valence-corrected chi connectivity index (χ3v) is 11.0. The fourth-order valence-electron chi connectivity index (χ4n) is 7.09. The number of ether oxygens (including phenoxy) is 17. The van der Waals surface area contributed by atoms with Gasteiger partial charge in [0.2, 0.25) is 0 Å². The van der Waals surface area contributed by atoms with E-state index in [-0.39, 0.29) is 38.6 Å². The predicted octanol–water partition coefficient (Wildman–Crippen LogP) is 1.42. The van der Waals surface area contributed by atoms with Gasteiger partial charge in [-0.15, -0.1) is 16.9 Å². The summed E-state index contributed by atoms with van der Waals surface area (Å²) in [6.45, 7) is 14.8. The molecular formula is C50H86N2O22. The SMILES string of the molecule is O=C(CCOCCOCCOCCOCCOCCOCCOCCOCCOCCOCCOCCOCCOCCOCCOCCOCCNC(=O)OCC1[C@H]2CCC#CCC[C@@H]12)ON1C(=O)CCC1=O. The van der Waals surface area contributed by atoms with Crippen LogP contribution in [0.15, 0.2) is 0 Å². The summed E-state index contributed by atoms with van der Waals surface area (Å²) in [4.78, 5) is 51.3. The number of hydrogen-bond acceptors (Lipinski definition) is 22. The number of alkyl carbamates (subject to hydrolysis) is 1. The number of carbonyl (C=O) groups is 4. The van der Waals surface area contributed by atoms with Gasteiger partial charge in [0, 0.05) is 32.2 Å². The maximum atomic E-state index is 12.0. The van der Waals surface area contributed by atoms with Crippen LogP contribution in [-0.2, 0) is 99.7 Å². The number of nitrogens with zero attached hydrogens (tertiary/aromatic N) is 1. The van der Waals surface area contributed by atoms with Crippen LogP contribution in [0.5, 0.6) is 0 Å². The van der Waals surface area contributed by atoms with Crippen molar-refractivity contribution in [3.05, 3.63) is 0 Å². The van der Waals surface area contributed by atoms with Crippen LogP contribution in [0.2, 0.25) is 0 Å². The van der Waals surface area contributed by atoms with Gasteiger partial charge in [-0.2, -0.15) is 0 Å². The standard InChI is InChI=1S/C50H86N2O22/c53-47-7-8-48(54)52(47)74-49(55)9-11-57-13-15-59-17-19-61-21-23-63-25-27-65-29-31-67-33-35-69-37-39-71-41-42-72-40-38-70-36-34-68-32-30-66-28-26-64-24-22-62-20-18-60-16-14-58-12-10-51-50(56)73-43-46-44-5-3-1-2-4-6-45(44)46/h44-46H,3-43H2,(H,51,56)/t44-,45+,46?. The normalized spacial score (nSPS) is 17.2. The molecule has 1 saturated heterocycles. The van der Waals surface area contributed by atoms with Crippen molar-refractivity contribution in [2.45, 2.75) is 44.9 Å². The second-order valence-corrected chi connectivity index (χ2v) is 16.5. The maximum absolute atomic E-state index is 12.0. The summed E-state index contributed by atoms with van der Waals surface area (Å²) in [5.74, 6) is 6.48. The molecule has 2 aliphatic carbocycles. The number of carbonyl (C=O) groups excluding carboxylic acids is 4. The second kappa shape index (κ2) is 48.2. The van der Waals surface area contributed by atoms with Gasteiger partial charge in [0.25, 0.3) is 11.8 Å². The fraction of sp³-hybridized carbons (Fsp3) is 0.880. The van der Waals surface area contributed by atoms with Crippen LogP contribution in [-0.4, -0.2) is 254 Å². The molecule has 3 atom stereocenters. The lowest BCUT2D eigenvalue weighted by molar-refractivity contribution is -0.198. The summed E-state index contributed by atoms with van der Waals surface area (Å²) in [7, 11) is 0. The summed E-state index contributed by atoms with van der Waals surface area (Å²) in [6.07, 6.45) is 3.78. The molecule has 428 valence electrons. The zero-order valence-electron chi connectivity index (χ0n) is 43.7. The molecule has 3 aliphatic rings. The smallest absolute Gasteiger partial charge is 0.407 e. The summed E-state index contributed by atoms with van der Waals surface area (Å²) < 4.78 is 93.1. The molecule has 3 amide bonds. The van der Waals surface area contributed by atoms with E-state index in [4.69, 9.17) is 85.4 Å². The minimum absolute atomic E-state index is 0.0534. The van der Waals surface area contributed by atoms with Gasteiger partial charge in [0.1, 0.15) is 0 Å². The van der Waals surface area contributed by atoms with Crippen molar-refractivity contribution in [3.63, 3.8) is 0 Å². The Morgan fingerprint density at radius 1 is 0.405 bits per heavy atom. The Morgan fingerprint density at radius 2 is 0.676 bits per heavy atom. The number of hydroxylamine groups is 2. The average Bonchev–Trinajstić information content (AvgIpc) is 3.94. The van der Waals surface area contributed by atoms with Crippen LogP contribution in [0.3, 0.4) is 0 Å². The molecule has 1 saturated carbocycles. The third kappa shape index (κ3) is 37.5. The molecule has 1 heterocycles. The highest BCUT2D eigenvalue weighted by Gasteiger charge is 2.49. The van der Waals surface area contributed by atoms with Crippen molar-refractivity contribution in [2.75, 3.05) is 225 Å². The molecule has 1 unspecified atom stereocenters. The van der Waals surface area contributed by atoms with Crippen molar-refractivity contribution < 1.29 is 105 Å². The van der Waals surface area contributed by atoms with Gasteiger partial charge in [-0.05, 0) is 30.6 Å². The van der Waals surface area contributed by atoms with E-state index >= 15 is 0 Å². The quantitative estimate of drug-likeness (QED) is 0.0514. The van der Waals surface area contributed by atoms with Crippen LogP contribution in [0.25, 0.3) is 0 Å². The van der Waals surface area contributed by atoms with Crippen LogP contribution in [0.1, 0.15) is 44.9 Å². The van der Waals surface area contributed by atoms with E-state index in [1.54, 1.807) is 0 Å². The molecule has 2 fully saturated rings. The molecule has 0 aromatic rings. The maximum Gasteiger partial charge on any atom is 0.407 e. The largest absolute Gasteiger partial charge is 0.449 e. The Kier molecular flexibility index (Phi) is 42.4. The van der Waals surface area contributed by atoms with Crippen molar-refractivity contribution in [1.29, 1.82) is 0 Å². The predicted molar refractivity (Wildman–Crippen MR) is 261 cm³/mol. The van der Waals surface area contributed by atoms with Crippen molar-refractivity contribution in [1.82, 2.24) is 10.4 Å². The minimum Gasteiger partial charge on any atom is -0.449 e. The number of amides is 3. The summed E-state index contributed by atoms with van der Waals surface area (Å²) in [5.41, 5.74) is 0. The number of imide groups is 1. The number of fused-ring (bicyclic) bond motifs is 1. The van der Waals surface area contributed by atoms with E-state index < -0.39 is 17.8 Å². The highest BCUT2D eigenvalue weighted by molar-refractivity contribution is 6.01. The first-order valence-corrected chi connectivity index (χ1v) is 26.2. The lowest BCUT2D eigenvalue weighted by Gasteiger charge is -2.12. The third-order valence-electron chi connectivity index (χ3n) is 11.0.